The second-order valence-corrected chi connectivity index (χ2v) is 3.48. The molecule has 0 saturated heterocycles. The molecular weight excluding hydrogens is 164 g/mol. The molecule has 13 heavy (non-hydrogen) atoms. The summed E-state index contributed by atoms with van der Waals surface area (Å²) in [6.07, 6.45) is 5.86. The summed E-state index contributed by atoms with van der Waals surface area (Å²) in [4.78, 5) is 0. The van der Waals surface area contributed by atoms with Gasteiger partial charge in [0.2, 0.25) is 0 Å². The molecule has 0 fully saturated rings. The van der Waals surface area contributed by atoms with E-state index in [-0.39, 0.29) is 0 Å². The van der Waals surface area contributed by atoms with Crippen molar-refractivity contribution in [3.63, 3.8) is 0 Å². The first-order valence-corrected chi connectivity index (χ1v) is 4.99. The van der Waals surface area contributed by atoms with Gasteiger partial charge in [-0.15, -0.1) is 0 Å². The summed E-state index contributed by atoms with van der Waals surface area (Å²) < 4.78 is 5.31. The lowest BCUT2D eigenvalue weighted by Crippen LogP contribution is -1.86. The van der Waals surface area contributed by atoms with Crippen molar-refractivity contribution in [1.82, 2.24) is 0 Å². The van der Waals surface area contributed by atoms with Gasteiger partial charge in [-0.05, 0) is 19.4 Å². The third-order valence-electron chi connectivity index (χ3n) is 2.18. The Morgan fingerprint density at radius 2 is 2.23 bits per heavy atom. The van der Waals surface area contributed by atoms with Crippen molar-refractivity contribution in [3.05, 3.63) is 23.7 Å². The number of unbranched alkanes of at least 4 members (excludes halogenated alkanes) is 2. The second-order valence-electron chi connectivity index (χ2n) is 3.48. The van der Waals surface area contributed by atoms with Crippen LogP contribution in [0, 0.1) is 0 Å². The lowest BCUT2D eigenvalue weighted by Gasteiger charge is -1.96. The quantitative estimate of drug-likeness (QED) is 0.710. The molecule has 0 aliphatic rings. The molecule has 74 valence electrons. The Morgan fingerprint density at radius 1 is 1.46 bits per heavy atom. The summed E-state index contributed by atoms with van der Waals surface area (Å²) in [7, 11) is 0. The molecule has 0 amide bonds. The van der Waals surface area contributed by atoms with E-state index in [0.717, 1.165) is 17.7 Å². The van der Waals surface area contributed by atoms with Gasteiger partial charge < -0.3 is 9.52 Å². The SMILES string of the molecule is CCCCCc1cc(C(C)O)co1. The fourth-order valence-electron chi connectivity index (χ4n) is 1.30. The van der Waals surface area contributed by atoms with E-state index in [1.165, 1.54) is 19.3 Å². The number of hydrogen-bond donors (Lipinski definition) is 1. The van der Waals surface area contributed by atoms with E-state index in [4.69, 9.17) is 4.42 Å². The van der Waals surface area contributed by atoms with E-state index in [0.29, 0.717) is 0 Å². The molecule has 0 aliphatic heterocycles. The standard InChI is InChI=1S/C11H18O2/c1-3-4-5-6-11-7-10(8-13-11)9(2)12/h7-9,12H,3-6H2,1-2H3. The van der Waals surface area contributed by atoms with E-state index in [2.05, 4.69) is 6.92 Å². The van der Waals surface area contributed by atoms with E-state index < -0.39 is 6.10 Å². The van der Waals surface area contributed by atoms with Crippen molar-refractivity contribution in [3.8, 4) is 0 Å². The zero-order valence-electron chi connectivity index (χ0n) is 8.42. The van der Waals surface area contributed by atoms with Crippen molar-refractivity contribution in [2.24, 2.45) is 0 Å². The van der Waals surface area contributed by atoms with Crippen LogP contribution in [0.15, 0.2) is 16.7 Å². The molecule has 2 nitrogen and oxygen atoms in total. The summed E-state index contributed by atoms with van der Waals surface area (Å²) >= 11 is 0. The summed E-state index contributed by atoms with van der Waals surface area (Å²) in [5.74, 6) is 0.990. The van der Waals surface area contributed by atoms with Crippen LogP contribution in [0.25, 0.3) is 0 Å². The van der Waals surface area contributed by atoms with Crippen LogP contribution in [0.3, 0.4) is 0 Å². The highest BCUT2D eigenvalue weighted by atomic mass is 16.3. The minimum atomic E-state index is -0.413. The molecule has 0 radical (unpaired) electrons. The normalized spacial score (nSPS) is 13.2. The Balaban J connectivity index is 2.40. The number of aryl methyl sites for hydroxylation is 1. The molecule has 1 rings (SSSR count). The first-order valence-electron chi connectivity index (χ1n) is 4.99. The smallest absolute Gasteiger partial charge is 0.104 e. The first-order chi connectivity index (χ1) is 6.24. The molecule has 1 unspecified atom stereocenters. The van der Waals surface area contributed by atoms with Gasteiger partial charge in [-0.2, -0.15) is 0 Å². The highest BCUT2D eigenvalue weighted by Gasteiger charge is 2.05. The van der Waals surface area contributed by atoms with Crippen molar-refractivity contribution >= 4 is 0 Å². The highest BCUT2D eigenvalue weighted by molar-refractivity contribution is 5.14. The molecule has 0 aliphatic carbocycles. The largest absolute Gasteiger partial charge is 0.469 e. The van der Waals surface area contributed by atoms with Gasteiger partial charge in [0.15, 0.2) is 0 Å². The molecule has 1 N–H and O–H groups in total. The number of aliphatic hydroxyl groups is 1. The van der Waals surface area contributed by atoms with E-state index >= 15 is 0 Å². The topological polar surface area (TPSA) is 33.4 Å². The molecule has 0 saturated carbocycles. The molecular formula is C11H18O2. The average Bonchev–Trinajstić information content (AvgIpc) is 2.53. The Hall–Kier alpha value is -0.760. The van der Waals surface area contributed by atoms with Crippen LogP contribution in [-0.4, -0.2) is 5.11 Å². The van der Waals surface area contributed by atoms with Crippen molar-refractivity contribution < 1.29 is 9.52 Å². The van der Waals surface area contributed by atoms with Crippen molar-refractivity contribution in [2.75, 3.05) is 0 Å². The van der Waals surface area contributed by atoms with Gasteiger partial charge in [0.05, 0.1) is 12.4 Å². The van der Waals surface area contributed by atoms with Gasteiger partial charge in [0.1, 0.15) is 5.76 Å². The zero-order valence-corrected chi connectivity index (χ0v) is 8.42. The van der Waals surface area contributed by atoms with Crippen LogP contribution >= 0.6 is 0 Å². The molecule has 1 atom stereocenters. The van der Waals surface area contributed by atoms with Crippen molar-refractivity contribution in [1.29, 1.82) is 0 Å². The van der Waals surface area contributed by atoms with Crippen LogP contribution in [0.5, 0.6) is 0 Å². The molecule has 1 heterocycles. The second kappa shape index (κ2) is 5.07. The lowest BCUT2D eigenvalue weighted by atomic mass is 10.1. The predicted molar refractivity (Wildman–Crippen MR) is 52.6 cm³/mol. The van der Waals surface area contributed by atoms with Gasteiger partial charge in [0.25, 0.3) is 0 Å². The number of furan rings is 1. The molecule has 0 aromatic carbocycles. The number of aliphatic hydroxyl groups excluding tert-OH is 1. The third-order valence-corrected chi connectivity index (χ3v) is 2.18. The van der Waals surface area contributed by atoms with E-state index in [9.17, 15) is 5.11 Å². The summed E-state index contributed by atoms with van der Waals surface area (Å²) in [5, 5.41) is 9.25. The fourth-order valence-corrected chi connectivity index (χ4v) is 1.30. The fraction of sp³-hybridized carbons (Fsp3) is 0.636. The van der Waals surface area contributed by atoms with Gasteiger partial charge >= 0.3 is 0 Å². The average molecular weight is 182 g/mol. The Bertz CT molecular complexity index is 238. The zero-order chi connectivity index (χ0) is 9.68. The van der Waals surface area contributed by atoms with Crippen LogP contribution in [0.4, 0.5) is 0 Å². The van der Waals surface area contributed by atoms with Crippen LogP contribution in [0.2, 0.25) is 0 Å². The first kappa shape index (κ1) is 10.3. The maximum absolute atomic E-state index is 9.25. The predicted octanol–water partition coefficient (Wildman–Crippen LogP) is 3.07. The van der Waals surface area contributed by atoms with Gasteiger partial charge in [-0.3, -0.25) is 0 Å². The Kier molecular flexibility index (Phi) is 4.03. The van der Waals surface area contributed by atoms with Crippen LogP contribution < -0.4 is 0 Å². The maximum Gasteiger partial charge on any atom is 0.104 e. The molecule has 0 bridgehead atoms. The van der Waals surface area contributed by atoms with Gasteiger partial charge in [0, 0.05) is 12.0 Å². The molecule has 1 aromatic rings. The highest BCUT2D eigenvalue weighted by Crippen LogP contribution is 2.17. The number of rotatable bonds is 5. The van der Waals surface area contributed by atoms with Gasteiger partial charge in [-0.1, -0.05) is 19.8 Å². The van der Waals surface area contributed by atoms with Crippen LogP contribution in [-0.2, 0) is 6.42 Å². The minimum Gasteiger partial charge on any atom is -0.469 e. The van der Waals surface area contributed by atoms with E-state index in [1.54, 1.807) is 13.2 Å². The molecule has 2 heteroatoms. The molecule has 0 spiro atoms. The summed E-state index contributed by atoms with van der Waals surface area (Å²) in [6, 6.07) is 1.94. The van der Waals surface area contributed by atoms with Gasteiger partial charge in [-0.25, -0.2) is 0 Å². The minimum absolute atomic E-state index is 0.413. The molecule has 1 aromatic heterocycles. The van der Waals surface area contributed by atoms with Crippen LogP contribution in [0.1, 0.15) is 50.5 Å². The maximum atomic E-state index is 9.25. The monoisotopic (exact) mass is 182 g/mol. The third kappa shape index (κ3) is 3.23. The summed E-state index contributed by atoms with van der Waals surface area (Å²) in [5.41, 5.74) is 0.881. The summed E-state index contributed by atoms with van der Waals surface area (Å²) in [6.45, 7) is 3.93. The number of hydrogen-bond acceptors (Lipinski definition) is 2. The Labute approximate surface area is 79.6 Å². The lowest BCUT2D eigenvalue weighted by molar-refractivity contribution is 0.198. The van der Waals surface area contributed by atoms with E-state index in [1.807, 2.05) is 6.07 Å². The Morgan fingerprint density at radius 3 is 2.77 bits per heavy atom. The van der Waals surface area contributed by atoms with Crippen molar-refractivity contribution in [2.45, 2.75) is 45.6 Å².